The molecule has 1 amide bonds. The lowest BCUT2D eigenvalue weighted by atomic mass is 10.1. The molecule has 19 heavy (non-hydrogen) atoms. The molecule has 0 aliphatic heterocycles. The van der Waals surface area contributed by atoms with Crippen LogP contribution in [0.1, 0.15) is 30.1 Å². The zero-order valence-corrected chi connectivity index (χ0v) is 10.8. The largest absolute Gasteiger partial charge is 0.336 e. The normalized spacial score (nSPS) is 11.8. The number of fused-ring (bicyclic) bond motifs is 1. The molecule has 0 saturated heterocycles. The van der Waals surface area contributed by atoms with Gasteiger partial charge in [-0.2, -0.15) is 5.26 Å². The van der Waals surface area contributed by atoms with Crippen LogP contribution in [-0.2, 0) is 0 Å². The average molecular weight is 253 g/mol. The summed E-state index contributed by atoms with van der Waals surface area (Å²) in [4.78, 5) is 16.4. The van der Waals surface area contributed by atoms with Crippen molar-refractivity contribution in [3.8, 4) is 6.07 Å². The Labute approximate surface area is 112 Å². The summed E-state index contributed by atoms with van der Waals surface area (Å²) >= 11 is 0. The smallest absolute Gasteiger partial charge is 0.253 e. The van der Waals surface area contributed by atoms with Crippen LogP contribution in [0, 0.1) is 11.3 Å². The number of rotatable bonds is 4. The zero-order valence-electron chi connectivity index (χ0n) is 10.8. The van der Waals surface area contributed by atoms with Crippen LogP contribution in [0.4, 0.5) is 0 Å². The molecule has 1 N–H and O–H groups in total. The predicted octanol–water partition coefficient (Wildman–Crippen LogP) is 2.66. The summed E-state index contributed by atoms with van der Waals surface area (Å²) in [5, 5.41) is 12.5. The molecule has 4 heteroatoms. The Kier molecular flexibility index (Phi) is 4.09. The number of nitrogens with zero attached hydrogens (tertiary/aromatic N) is 2. The number of nitrogens with one attached hydrogen (secondary N) is 1. The van der Waals surface area contributed by atoms with Crippen molar-refractivity contribution in [1.29, 1.82) is 5.26 Å². The second kappa shape index (κ2) is 5.96. The highest BCUT2D eigenvalue weighted by molar-refractivity contribution is 6.06. The molecule has 4 nitrogen and oxygen atoms in total. The minimum atomic E-state index is -0.440. The number of hydrogen-bond donors (Lipinski definition) is 1. The zero-order chi connectivity index (χ0) is 13.7. The lowest BCUT2D eigenvalue weighted by Gasteiger charge is -2.11. The minimum absolute atomic E-state index is 0.224. The molecule has 1 aromatic carbocycles. The molecule has 0 bridgehead atoms. The predicted molar refractivity (Wildman–Crippen MR) is 73.5 cm³/mol. The summed E-state index contributed by atoms with van der Waals surface area (Å²) in [6.07, 6.45) is 3.12. The fourth-order valence-corrected chi connectivity index (χ4v) is 1.99. The second-order valence-corrected chi connectivity index (χ2v) is 4.32. The van der Waals surface area contributed by atoms with E-state index in [1.807, 2.05) is 31.2 Å². The van der Waals surface area contributed by atoms with Gasteiger partial charge in [-0.05, 0) is 18.6 Å². The highest BCUT2D eigenvalue weighted by Gasteiger charge is 2.14. The maximum absolute atomic E-state index is 12.2. The fraction of sp³-hybridized carbons (Fsp3) is 0.267. The van der Waals surface area contributed by atoms with Crippen LogP contribution in [0.15, 0.2) is 36.5 Å². The van der Waals surface area contributed by atoms with E-state index >= 15 is 0 Å². The molecule has 1 heterocycles. The van der Waals surface area contributed by atoms with E-state index in [4.69, 9.17) is 5.26 Å². The highest BCUT2D eigenvalue weighted by atomic mass is 16.1. The van der Waals surface area contributed by atoms with Gasteiger partial charge in [-0.3, -0.25) is 9.78 Å². The van der Waals surface area contributed by atoms with Gasteiger partial charge in [0.15, 0.2) is 0 Å². The SMILES string of the molecule is CCCC(C#N)NC(=O)c1ccnc2ccccc12. The number of pyridine rings is 1. The molecular formula is C15H15N3O. The Hall–Kier alpha value is -2.41. The van der Waals surface area contributed by atoms with Crippen LogP contribution < -0.4 is 5.32 Å². The summed E-state index contributed by atoms with van der Waals surface area (Å²) in [7, 11) is 0. The van der Waals surface area contributed by atoms with Crippen LogP contribution in [-0.4, -0.2) is 16.9 Å². The number of amides is 1. The van der Waals surface area contributed by atoms with Crippen molar-refractivity contribution in [1.82, 2.24) is 10.3 Å². The second-order valence-electron chi connectivity index (χ2n) is 4.32. The molecule has 1 unspecified atom stereocenters. The van der Waals surface area contributed by atoms with E-state index in [1.165, 1.54) is 0 Å². The minimum Gasteiger partial charge on any atom is -0.336 e. The molecule has 0 aliphatic rings. The van der Waals surface area contributed by atoms with Gasteiger partial charge in [0.1, 0.15) is 6.04 Å². The van der Waals surface area contributed by atoms with Crippen LogP contribution in [0.5, 0.6) is 0 Å². The van der Waals surface area contributed by atoms with E-state index in [0.717, 1.165) is 17.3 Å². The fourth-order valence-electron chi connectivity index (χ4n) is 1.99. The molecule has 0 aliphatic carbocycles. The average Bonchev–Trinajstić information content (AvgIpc) is 2.46. The molecule has 1 atom stereocenters. The molecule has 1 aromatic heterocycles. The van der Waals surface area contributed by atoms with Crippen molar-refractivity contribution in [3.63, 3.8) is 0 Å². The molecule has 2 rings (SSSR count). The summed E-state index contributed by atoms with van der Waals surface area (Å²) in [5.74, 6) is -0.224. The molecule has 0 radical (unpaired) electrons. The van der Waals surface area contributed by atoms with Gasteiger partial charge in [-0.25, -0.2) is 0 Å². The Morgan fingerprint density at radius 1 is 1.42 bits per heavy atom. The van der Waals surface area contributed by atoms with Gasteiger partial charge in [-0.15, -0.1) is 0 Å². The first-order chi connectivity index (χ1) is 9.26. The summed E-state index contributed by atoms with van der Waals surface area (Å²) in [5.41, 5.74) is 1.33. The molecule has 0 fully saturated rings. The first-order valence-electron chi connectivity index (χ1n) is 6.30. The first kappa shape index (κ1) is 13.0. The monoisotopic (exact) mass is 253 g/mol. The van der Waals surface area contributed by atoms with Gasteiger partial charge in [0.25, 0.3) is 5.91 Å². The van der Waals surface area contributed by atoms with Crippen LogP contribution in [0.3, 0.4) is 0 Å². The molecule has 96 valence electrons. The van der Waals surface area contributed by atoms with Crippen molar-refractivity contribution in [2.75, 3.05) is 0 Å². The van der Waals surface area contributed by atoms with E-state index < -0.39 is 6.04 Å². The van der Waals surface area contributed by atoms with Gasteiger partial charge in [0.05, 0.1) is 17.1 Å². The Morgan fingerprint density at radius 3 is 2.95 bits per heavy atom. The van der Waals surface area contributed by atoms with Gasteiger partial charge >= 0.3 is 0 Å². The van der Waals surface area contributed by atoms with Crippen LogP contribution in [0.25, 0.3) is 10.9 Å². The summed E-state index contributed by atoms with van der Waals surface area (Å²) in [6, 6.07) is 10.8. The molecule has 0 saturated carbocycles. The van der Waals surface area contributed by atoms with Crippen molar-refractivity contribution in [2.24, 2.45) is 0 Å². The number of hydrogen-bond acceptors (Lipinski definition) is 3. The summed E-state index contributed by atoms with van der Waals surface area (Å²) < 4.78 is 0. The number of nitriles is 1. The van der Waals surface area contributed by atoms with E-state index in [0.29, 0.717) is 12.0 Å². The van der Waals surface area contributed by atoms with E-state index in [-0.39, 0.29) is 5.91 Å². The highest BCUT2D eigenvalue weighted by Crippen LogP contribution is 2.16. The van der Waals surface area contributed by atoms with E-state index in [1.54, 1.807) is 12.3 Å². The topological polar surface area (TPSA) is 65.8 Å². The third-order valence-corrected chi connectivity index (χ3v) is 2.93. The standard InChI is InChI=1S/C15H15N3O/c1-2-5-11(10-16)18-15(19)13-8-9-17-14-7-4-3-6-12(13)14/h3-4,6-9,11H,2,5H2,1H3,(H,18,19). The lowest BCUT2D eigenvalue weighted by molar-refractivity contribution is 0.0945. The third kappa shape index (κ3) is 2.89. The van der Waals surface area contributed by atoms with Crippen LogP contribution >= 0.6 is 0 Å². The van der Waals surface area contributed by atoms with Gasteiger partial charge < -0.3 is 5.32 Å². The number of carbonyl (C=O) groups excluding carboxylic acids is 1. The number of benzene rings is 1. The maximum atomic E-state index is 12.2. The van der Waals surface area contributed by atoms with Crippen molar-refractivity contribution < 1.29 is 4.79 Å². The van der Waals surface area contributed by atoms with Gasteiger partial charge in [0, 0.05) is 11.6 Å². The van der Waals surface area contributed by atoms with E-state index in [9.17, 15) is 4.79 Å². The number of para-hydroxylation sites is 1. The number of aromatic nitrogens is 1. The van der Waals surface area contributed by atoms with E-state index in [2.05, 4.69) is 16.4 Å². The Morgan fingerprint density at radius 2 is 2.21 bits per heavy atom. The van der Waals surface area contributed by atoms with Crippen molar-refractivity contribution in [3.05, 3.63) is 42.1 Å². The van der Waals surface area contributed by atoms with Crippen molar-refractivity contribution in [2.45, 2.75) is 25.8 Å². The quantitative estimate of drug-likeness (QED) is 0.910. The van der Waals surface area contributed by atoms with Crippen LogP contribution in [0.2, 0.25) is 0 Å². The van der Waals surface area contributed by atoms with Gasteiger partial charge in [0.2, 0.25) is 0 Å². The maximum Gasteiger partial charge on any atom is 0.253 e. The number of carbonyl (C=O) groups is 1. The molecule has 2 aromatic rings. The van der Waals surface area contributed by atoms with Gasteiger partial charge in [-0.1, -0.05) is 31.5 Å². The van der Waals surface area contributed by atoms with Crippen molar-refractivity contribution >= 4 is 16.8 Å². The first-order valence-corrected chi connectivity index (χ1v) is 6.30. The lowest BCUT2D eigenvalue weighted by Crippen LogP contribution is -2.33. The summed E-state index contributed by atoms with van der Waals surface area (Å²) in [6.45, 7) is 1.98. The molecule has 0 spiro atoms. The Balaban J connectivity index is 2.29. The molecular weight excluding hydrogens is 238 g/mol. The Bertz CT molecular complexity index is 625. The third-order valence-electron chi connectivity index (χ3n) is 2.93.